The Labute approximate surface area is 135 Å². The summed E-state index contributed by atoms with van der Waals surface area (Å²) in [7, 11) is 2.15. The van der Waals surface area contributed by atoms with Gasteiger partial charge in [0.1, 0.15) is 11.9 Å². The molecule has 0 fully saturated rings. The zero-order chi connectivity index (χ0) is 15.7. The number of hydrogen-bond acceptors (Lipinski definition) is 6. The van der Waals surface area contributed by atoms with Crippen molar-refractivity contribution in [3.05, 3.63) is 33.2 Å². The first-order valence-electron chi connectivity index (χ1n) is 7.61. The van der Waals surface area contributed by atoms with Gasteiger partial charge in [0.2, 0.25) is 5.88 Å². The van der Waals surface area contributed by atoms with Gasteiger partial charge in [-0.25, -0.2) is 9.97 Å². The van der Waals surface area contributed by atoms with E-state index in [0.29, 0.717) is 0 Å². The number of nitrogens with zero attached hydrogens (tertiary/aromatic N) is 4. The molecule has 0 unspecified atom stereocenters. The molecule has 118 valence electrons. The third kappa shape index (κ3) is 3.28. The largest absolute Gasteiger partial charge is 0.472 e. The van der Waals surface area contributed by atoms with Crippen LogP contribution in [-0.2, 0) is 12.8 Å². The fourth-order valence-electron chi connectivity index (χ4n) is 2.86. The van der Waals surface area contributed by atoms with E-state index in [1.165, 1.54) is 10.4 Å². The molecule has 5 nitrogen and oxygen atoms in total. The third-order valence-corrected chi connectivity index (χ3v) is 5.07. The first kappa shape index (κ1) is 15.4. The van der Waals surface area contributed by atoms with Gasteiger partial charge in [-0.15, -0.1) is 11.3 Å². The summed E-state index contributed by atoms with van der Waals surface area (Å²) < 4.78 is 6.00. The maximum Gasteiger partial charge on any atom is 0.220 e. The van der Waals surface area contributed by atoms with Crippen LogP contribution in [0.3, 0.4) is 0 Å². The van der Waals surface area contributed by atoms with E-state index in [1.54, 1.807) is 11.3 Å². The van der Waals surface area contributed by atoms with E-state index < -0.39 is 0 Å². The average Bonchev–Trinajstić information content (AvgIpc) is 3.02. The molecule has 0 radical (unpaired) electrons. The highest BCUT2D eigenvalue weighted by Crippen LogP contribution is 2.28. The summed E-state index contributed by atoms with van der Waals surface area (Å²) in [5, 5.41) is 0. The molecule has 2 aromatic heterocycles. The maximum absolute atomic E-state index is 6.00. The number of thiazole rings is 1. The van der Waals surface area contributed by atoms with Crippen molar-refractivity contribution in [1.82, 2.24) is 19.9 Å². The Balaban J connectivity index is 1.54. The van der Waals surface area contributed by atoms with Crippen molar-refractivity contribution >= 4 is 11.3 Å². The molecule has 0 saturated carbocycles. The second kappa shape index (κ2) is 6.30. The van der Waals surface area contributed by atoms with Crippen LogP contribution in [0.1, 0.15) is 27.7 Å². The molecule has 0 saturated heterocycles. The van der Waals surface area contributed by atoms with Crippen LogP contribution in [0.2, 0.25) is 0 Å². The van der Waals surface area contributed by atoms with Crippen molar-refractivity contribution in [1.29, 1.82) is 0 Å². The summed E-state index contributed by atoms with van der Waals surface area (Å²) in [5.41, 5.74) is 5.30. The standard InChI is InChI=1S/C16H22N4OS/c1-10-14-7-13(21-16(14)19-12(3)18-10)8-20(4)6-5-15-11(2)17-9-22-15/h9,13H,5-8H2,1-4H3/t13-/m1/s1. The van der Waals surface area contributed by atoms with Crippen LogP contribution in [0.4, 0.5) is 0 Å². The minimum atomic E-state index is 0.178. The summed E-state index contributed by atoms with van der Waals surface area (Å²) in [5.74, 6) is 1.56. The van der Waals surface area contributed by atoms with Crippen LogP contribution in [0.15, 0.2) is 5.51 Å². The number of aromatic nitrogens is 3. The molecule has 1 aliphatic heterocycles. The van der Waals surface area contributed by atoms with Crippen LogP contribution in [0.5, 0.6) is 5.88 Å². The minimum Gasteiger partial charge on any atom is -0.472 e. The van der Waals surface area contributed by atoms with Gasteiger partial charge < -0.3 is 9.64 Å². The van der Waals surface area contributed by atoms with E-state index in [4.69, 9.17) is 4.74 Å². The molecule has 0 spiro atoms. The molecule has 3 heterocycles. The molecule has 0 aliphatic carbocycles. The summed E-state index contributed by atoms with van der Waals surface area (Å²) in [6, 6.07) is 0. The first-order valence-corrected chi connectivity index (χ1v) is 8.49. The van der Waals surface area contributed by atoms with Gasteiger partial charge in [-0.2, -0.15) is 4.98 Å². The third-order valence-electron chi connectivity index (χ3n) is 4.08. The van der Waals surface area contributed by atoms with Gasteiger partial charge in [-0.05, 0) is 34.2 Å². The number of fused-ring (bicyclic) bond motifs is 1. The second-order valence-corrected chi connectivity index (χ2v) is 6.90. The van der Waals surface area contributed by atoms with E-state index in [1.807, 2.05) is 19.4 Å². The van der Waals surface area contributed by atoms with Gasteiger partial charge >= 0.3 is 0 Å². The molecule has 0 aromatic carbocycles. The lowest BCUT2D eigenvalue weighted by molar-refractivity contribution is 0.165. The fraction of sp³-hybridized carbons (Fsp3) is 0.562. The number of hydrogen-bond donors (Lipinski definition) is 0. The SMILES string of the molecule is Cc1nc(C)c2c(n1)O[C@@H](CN(C)CCc1scnc1C)C2. The highest BCUT2D eigenvalue weighted by Gasteiger charge is 2.27. The Morgan fingerprint density at radius 2 is 2.09 bits per heavy atom. The zero-order valence-corrected chi connectivity index (χ0v) is 14.4. The number of ether oxygens (including phenoxy) is 1. The van der Waals surface area contributed by atoms with Crippen LogP contribution < -0.4 is 4.74 Å². The molecule has 0 N–H and O–H groups in total. The van der Waals surface area contributed by atoms with E-state index in [2.05, 4.69) is 33.8 Å². The van der Waals surface area contributed by atoms with Gasteiger partial charge in [0.25, 0.3) is 0 Å². The Morgan fingerprint density at radius 1 is 1.27 bits per heavy atom. The highest BCUT2D eigenvalue weighted by molar-refractivity contribution is 7.09. The van der Waals surface area contributed by atoms with E-state index in [9.17, 15) is 0 Å². The molecule has 22 heavy (non-hydrogen) atoms. The van der Waals surface area contributed by atoms with Crippen LogP contribution >= 0.6 is 11.3 Å². The van der Waals surface area contributed by atoms with Crippen molar-refractivity contribution in [3.63, 3.8) is 0 Å². The molecule has 2 aromatic rings. The number of aryl methyl sites for hydroxylation is 3. The van der Waals surface area contributed by atoms with Crippen molar-refractivity contribution in [2.75, 3.05) is 20.1 Å². The smallest absolute Gasteiger partial charge is 0.220 e. The Kier molecular flexibility index (Phi) is 4.40. The molecule has 6 heteroatoms. The average molecular weight is 318 g/mol. The van der Waals surface area contributed by atoms with Crippen molar-refractivity contribution in [2.24, 2.45) is 0 Å². The quantitative estimate of drug-likeness (QED) is 0.847. The highest BCUT2D eigenvalue weighted by atomic mass is 32.1. The molecule has 1 aliphatic rings. The Morgan fingerprint density at radius 3 is 2.82 bits per heavy atom. The summed E-state index contributed by atoms with van der Waals surface area (Å²) in [6.07, 6.45) is 2.13. The monoisotopic (exact) mass is 318 g/mol. The molecule has 0 amide bonds. The molecule has 0 bridgehead atoms. The lowest BCUT2D eigenvalue weighted by atomic mass is 10.1. The van der Waals surface area contributed by atoms with Crippen LogP contribution in [0.25, 0.3) is 0 Å². The van der Waals surface area contributed by atoms with E-state index in [0.717, 1.165) is 49.0 Å². The van der Waals surface area contributed by atoms with Crippen molar-refractivity contribution < 1.29 is 4.74 Å². The Hall–Kier alpha value is -1.53. The molecular formula is C16H22N4OS. The van der Waals surface area contributed by atoms with Crippen LogP contribution in [-0.4, -0.2) is 46.1 Å². The van der Waals surface area contributed by atoms with E-state index >= 15 is 0 Å². The fourth-order valence-corrected chi connectivity index (χ4v) is 3.63. The summed E-state index contributed by atoms with van der Waals surface area (Å²) in [6.45, 7) is 7.95. The zero-order valence-electron chi connectivity index (χ0n) is 13.6. The lowest BCUT2D eigenvalue weighted by Crippen LogP contribution is -2.33. The minimum absolute atomic E-state index is 0.178. The Bertz CT molecular complexity index is 670. The predicted molar refractivity (Wildman–Crippen MR) is 87.7 cm³/mol. The molecule has 1 atom stereocenters. The van der Waals surface area contributed by atoms with Crippen LogP contribution in [0, 0.1) is 20.8 Å². The normalized spacial score (nSPS) is 16.9. The second-order valence-electron chi connectivity index (χ2n) is 5.96. The topological polar surface area (TPSA) is 51.1 Å². The predicted octanol–water partition coefficient (Wildman–Crippen LogP) is 2.34. The summed E-state index contributed by atoms with van der Waals surface area (Å²) in [4.78, 5) is 16.8. The van der Waals surface area contributed by atoms with Gasteiger partial charge in [0.05, 0.1) is 11.2 Å². The van der Waals surface area contributed by atoms with Gasteiger partial charge in [-0.3, -0.25) is 0 Å². The van der Waals surface area contributed by atoms with Gasteiger partial charge in [-0.1, -0.05) is 0 Å². The molecular weight excluding hydrogens is 296 g/mol. The first-order chi connectivity index (χ1) is 10.5. The molecule has 3 rings (SSSR count). The number of likely N-dealkylation sites (N-methyl/N-ethyl adjacent to an activating group) is 1. The lowest BCUT2D eigenvalue weighted by Gasteiger charge is -2.20. The number of rotatable bonds is 5. The summed E-state index contributed by atoms with van der Waals surface area (Å²) >= 11 is 1.74. The van der Waals surface area contributed by atoms with Crippen molar-refractivity contribution in [2.45, 2.75) is 39.7 Å². The van der Waals surface area contributed by atoms with Gasteiger partial charge in [0.15, 0.2) is 0 Å². The van der Waals surface area contributed by atoms with Gasteiger partial charge in [0, 0.05) is 35.6 Å². The van der Waals surface area contributed by atoms with E-state index in [-0.39, 0.29) is 6.10 Å². The van der Waals surface area contributed by atoms with Crippen molar-refractivity contribution in [3.8, 4) is 5.88 Å². The maximum atomic E-state index is 6.00.